The highest BCUT2D eigenvalue weighted by Gasteiger charge is 2.45. The summed E-state index contributed by atoms with van der Waals surface area (Å²) in [5.74, 6) is 11.0. The summed E-state index contributed by atoms with van der Waals surface area (Å²) in [7, 11) is -7.35. The van der Waals surface area contributed by atoms with Crippen LogP contribution in [0.15, 0.2) is 60.7 Å². The van der Waals surface area contributed by atoms with Crippen LogP contribution in [0.1, 0.15) is 107 Å². The van der Waals surface area contributed by atoms with Crippen molar-refractivity contribution in [3.63, 3.8) is 0 Å². The number of ether oxygens (including phenoxy) is 1. The summed E-state index contributed by atoms with van der Waals surface area (Å²) >= 11 is 0. The summed E-state index contributed by atoms with van der Waals surface area (Å²) in [6.07, 6.45) is 13.9. The fraction of sp³-hybridized carbons (Fsp3) is 0.551. The van der Waals surface area contributed by atoms with Crippen LogP contribution in [0.25, 0.3) is 11.1 Å². The van der Waals surface area contributed by atoms with E-state index in [0.29, 0.717) is 52.3 Å². The molecule has 0 saturated carbocycles. The Morgan fingerprint density at radius 2 is 1.21 bits per heavy atom. The molecule has 3 unspecified atom stereocenters. The van der Waals surface area contributed by atoms with E-state index in [2.05, 4.69) is 75.4 Å². The van der Waals surface area contributed by atoms with Gasteiger partial charge in [-0.1, -0.05) is 60.1 Å². The van der Waals surface area contributed by atoms with Crippen molar-refractivity contribution < 1.29 is 41.2 Å². The number of rotatable bonds is 18. The summed E-state index contributed by atoms with van der Waals surface area (Å²) in [4.78, 5) is 34.4. The van der Waals surface area contributed by atoms with Gasteiger partial charge in [0.1, 0.15) is 0 Å². The molecule has 2 aromatic carbocycles. The molecule has 3 aliphatic heterocycles. The molecule has 1 fully saturated rings. The second-order valence-electron chi connectivity index (χ2n) is 17.4. The van der Waals surface area contributed by atoms with E-state index >= 15 is 0 Å². The summed E-state index contributed by atoms with van der Waals surface area (Å²) < 4.78 is 51.5. The van der Waals surface area contributed by atoms with Gasteiger partial charge in [-0.15, -0.1) is 0 Å². The monoisotopic (exact) mass is 950 g/mol. The van der Waals surface area contributed by atoms with Crippen molar-refractivity contribution in [1.29, 1.82) is 0 Å². The first-order valence-electron chi connectivity index (χ1n) is 22.8. The average Bonchev–Trinajstić information content (AvgIpc) is 3.32. The Balaban J connectivity index is 0.000000294. The number of benzene rings is 2. The van der Waals surface area contributed by atoms with Gasteiger partial charge >= 0.3 is 0 Å². The molecule has 2 amide bonds. The molecule has 5 rings (SSSR count). The van der Waals surface area contributed by atoms with E-state index in [1.807, 2.05) is 24.3 Å². The van der Waals surface area contributed by atoms with Crippen LogP contribution in [0.3, 0.4) is 0 Å². The average molecular weight is 951 g/mol. The van der Waals surface area contributed by atoms with Gasteiger partial charge < -0.3 is 16.2 Å². The minimum absolute atomic E-state index is 0.110. The molecule has 17 heteroatoms. The number of hydrogen-bond acceptors (Lipinski definition) is 13. The van der Waals surface area contributed by atoms with Crippen LogP contribution >= 0.6 is 0 Å². The van der Waals surface area contributed by atoms with E-state index in [1.54, 1.807) is 0 Å². The number of hydrogen-bond donors (Lipinski definition) is 5. The Hall–Kier alpha value is -4.40. The number of nitrogens with one attached hydrogen (secondary N) is 2. The van der Waals surface area contributed by atoms with E-state index in [0.717, 1.165) is 93.7 Å². The minimum atomic E-state index is -3.68. The molecule has 66 heavy (non-hydrogen) atoms. The molecule has 3 aliphatic rings. The number of unbranched alkanes of at least 4 members (excludes halogenated alkanes) is 2. The highest BCUT2D eigenvalue weighted by Crippen LogP contribution is 2.28. The third-order valence-corrected chi connectivity index (χ3v) is 16.6. The predicted octanol–water partition coefficient (Wildman–Crippen LogP) is 4.20. The molecular formula is C49H70N6O9S2. The number of carbonyl (C=O) groups is 2. The molecular weight excluding hydrogens is 881 g/mol. The van der Waals surface area contributed by atoms with Crippen LogP contribution in [-0.4, -0.2) is 131 Å². The smallest absolute Gasteiger partial charge is 0.264 e. The van der Waals surface area contributed by atoms with E-state index in [4.69, 9.17) is 26.2 Å². The van der Waals surface area contributed by atoms with Crippen LogP contribution < -0.4 is 22.4 Å². The van der Waals surface area contributed by atoms with Crippen LogP contribution in [0.2, 0.25) is 0 Å². The molecule has 0 aliphatic carbocycles. The Morgan fingerprint density at radius 3 is 1.58 bits per heavy atom. The van der Waals surface area contributed by atoms with Gasteiger partial charge in [0.25, 0.3) is 11.8 Å². The minimum Gasteiger partial charge on any atom is -0.350 e. The third kappa shape index (κ3) is 16.1. The van der Waals surface area contributed by atoms with Gasteiger partial charge in [0, 0.05) is 88.8 Å². The number of amides is 2. The molecule has 3 atom stereocenters. The molecule has 0 aromatic heterocycles. The Bertz CT molecular complexity index is 2330. The van der Waals surface area contributed by atoms with Gasteiger partial charge in [0.15, 0.2) is 35.5 Å². The van der Waals surface area contributed by atoms with Crippen LogP contribution in [-0.2, 0) is 38.8 Å². The zero-order valence-electron chi connectivity index (χ0n) is 39.1. The van der Waals surface area contributed by atoms with Crippen molar-refractivity contribution in [3.05, 3.63) is 82.9 Å². The maximum atomic E-state index is 12.9. The second kappa shape index (κ2) is 26.2. The summed E-state index contributed by atoms with van der Waals surface area (Å²) in [6, 6.07) is 16.4. The highest BCUT2D eigenvalue weighted by molar-refractivity contribution is 7.93. The van der Waals surface area contributed by atoms with Gasteiger partial charge in [-0.3, -0.25) is 24.6 Å². The zero-order chi connectivity index (χ0) is 48.2. The molecule has 362 valence electrons. The van der Waals surface area contributed by atoms with Crippen molar-refractivity contribution in [2.24, 2.45) is 11.5 Å². The molecule has 0 spiro atoms. The number of hydroxylamine groups is 2. The molecule has 0 radical (unpaired) electrons. The molecule has 1 saturated heterocycles. The Morgan fingerprint density at radius 1 is 0.758 bits per heavy atom. The van der Waals surface area contributed by atoms with Crippen molar-refractivity contribution in [2.45, 2.75) is 100 Å². The molecule has 0 bridgehead atoms. The summed E-state index contributed by atoms with van der Waals surface area (Å²) in [5.41, 5.74) is 21.6. The maximum absolute atomic E-state index is 12.9. The lowest BCUT2D eigenvalue weighted by atomic mass is 9.98. The van der Waals surface area contributed by atoms with Crippen molar-refractivity contribution >= 4 is 42.6 Å². The maximum Gasteiger partial charge on any atom is 0.264 e. The van der Waals surface area contributed by atoms with Gasteiger partial charge in [0.2, 0.25) is 0 Å². The first kappa shape index (κ1) is 54.2. The third-order valence-electron chi connectivity index (χ3n) is 12.5. The number of sulfone groups is 2. The lowest BCUT2D eigenvalue weighted by molar-refractivity contribution is -0.201. The standard InChI is InChI=1S/C27H39N3O5S.C22H31N3O4S/c1-27(36(2,32)33,26(31)29-35-25-9-5-7-21-34-25)16-20-30-18-14-24(15-19-30)23-12-10-22(11-13-23)8-4-3-6-17-28;1-22(21(26)24-27,30(2,28)29)13-17-25-15-11-20(12-16-25)19-9-7-18(8-10-19)6-4-3-5-14-23/h10-14,25H,3,5-7,9,15-21,28H2,1-2H3,(H,29,31);7-11,27H,3,5,12-17,23H2,1-2H3,(H,24,26). The van der Waals surface area contributed by atoms with Gasteiger partial charge in [-0.05, 0) is 125 Å². The number of carbonyl (C=O) groups excluding carboxylic acids is 2. The van der Waals surface area contributed by atoms with E-state index < -0.39 is 47.3 Å². The van der Waals surface area contributed by atoms with Crippen molar-refractivity contribution in [2.75, 3.05) is 71.5 Å². The normalized spacial score (nSPS) is 18.8. The topological polar surface area (TPSA) is 224 Å². The lowest BCUT2D eigenvalue weighted by Gasteiger charge is -2.32. The highest BCUT2D eigenvalue weighted by atomic mass is 32.2. The van der Waals surface area contributed by atoms with Crippen LogP contribution in [0, 0.1) is 23.7 Å². The lowest BCUT2D eigenvalue weighted by Crippen LogP contribution is -2.52. The fourth-order valence-corrected chi connectivity index (χ4v) is 9.11. The summed E-state index contributed by atoms with van der Waals surface area (Å²) in [6.45, 7) is 8.56. The molecule has 3 heterocycles. The number of nitrogens with zero attached hydrogens (tertiary/aromatic N) is 2. The van der Waals surface area contributed by atoms with Gasteiger partial charge in [-0.2, -0.15) is 0 Å². The van der Waals surface area contributed by atoms with Gasteiger partial charge in [-0.25, -0.2) is 32.6 Å². The molecule has 2 aromatic rings. The quantitative estimate of drug-likeness (QED) is 0.0613. The van der Waals surface area contributed by atoms with Gasteiger partial charge in [0.05, 0.1) is 0 Å². The Kier molecular flexibility index (Phi) is 21.5. The number of nitrogens with two attached hydrogens (primary N) is 2. The van der Waals surface area contributed by atoms with E-state index in [1.165, 1.54) is 36.0 Å². The molecule has 7 N–H and O–H groups in total. The second-order valence-corrected chi connectivity index (χ2v) is 22.3. The van der Waals surface area contributed by atoms with Crippen molar-refractivity contribution in [3.8, 4) is 23.7 Å². The SMILES string of the molecule is CC(CCN1CC=C(c2ccc(C#CCCCN)cc2)CC1)(C(=O)NO)S(C)(=O)=O.CC(CCN1CC=C(c2ccc(C#CCCCN)cc2)CC1)(C(=O)NOC1CCCCO1)S(C)(=O)=O. The first-order valence-corrected chi connectivity index (χ1v) is 26.6. The van der Waals surface area contributed by atoms with E-state index in [-0.39, 0.29) is 12.8 Å². The Labute approximate surface area is 392 Å². The van der Waals surface area contributed by atoms with Crippen molar-refractivity contribution in [1.82, 2.24) is 20.8 Å². The van der Waals surface area contributed by atoms with Crippen LogP contribution in [0.5, 0.6) is 0 Å². The molecule has 15 nitrogen and oxygen atoms in total. The fourth-order valence-electron chi connectivity index (χ4n) is 7.43. The summed E-state index contributed by atoms with van der Waals surface area (Å²) in [5, 5.41) is 8.92. The van der Waals surface area contributed by atoms with E-state index in [9.17, 15) is 26.4 Å². The largest absolute Gasteiger partial charge is 0.350 e. The first-order chi connectivity index (χ1) is 31.4. The van der Waals surface area contributed by atoms with Crippen LogP contribution in [0.4, 0.5) is 0 Å². The predicted molar refractivity (Wildman–Crippen MR) is 260 cm³/mol. The zero-order valence-corrected chi connectivity index (χ0v) is 40.7.